The molecule has 1 saturated carbocycles. The number of aliphatic hydroxyl groups is 1. The Morgan fingerprint density at radius 2 is 2.00 bits per heavy atom. The summed E-state index contributed by atoms with van der Waals surface area (Å²) >= 11 is 0. The van der Waals surface area contributed by atoms with Crippen molar-refractivity contribution in [2.75, 3.05) is 13.1 Å². The minimum Gasteiger partial charge on any atom is -0.386 e. The summed E-state index contributed by atoms with van der Waals surface area (Å²) in [6.07, 6.45) is 8.68. The van der Waals surface area contributed by atoms with Gasteiger partial charge in [-0.15, -0.1) is 0 Å². The topological polar surface area (TPSA) is 41.3 Å². The summed E-state index contributed by atoms with van der Waals surface area (Å²) in [5, 5.41) is 15.2. The molecule has 2 aromatic rings. The SMILES string of the molecule is O[C@@H](c1cc2n(n1)CCCN(C/C=C/c1ccccc1)C2)C1CCC1. The molecule has 1 aromatic heterocycles. The molecule has 4 heteroatoms. The van der Waals surface area contributed by atoms with Crippen LogP contribution in [0.2, 0.25) is 0 Å². The average molecular weight is 337 g/mol. The lowest BCUT2D eigenvalue weighted by atomic mass is 9.80. The van der Waals surface area contributed by atoms with Gasteiger partial charge in [-0.1, -0.05) is 48.9 Å². The molecule has 0 radical (unpaired) electrons. The van der Waals surface area contributed by atoms with Crippen LogP contribution in [0, 0.1) is 5.92 Å². The van der Waals surface area contributed by atoms with E-state index in [0.717, 1.165) is 51.1 Å². The van der Waals surface area contributed by atoms with Crippen LogP contribution >= 0.6 is 0 Å². The Balaban J connectivity index is 1.40. The van der Waals surface area contributed by atoms with Gasteiger partial charge in [-0.3, -0.25) is 9.58 Å². The Morgan fingerprint density at radius 3 is 2.76 bits per heavy atom. The first kappa shape index (κ1) is 16.6. The van der Waals surface area contributed by atoms with E-state index >= 15 is 0 Å². The Bertz CT molecular complexity index is 718. The van der Waals surface area contributed by atoms with Crippen LogP contribution in [0.4, 0.5) is 0 Å². The molecule has 0 saturated heterocycles. The maximum Gasteiger partial charge on any atom is 0.101 e. The molecule has 1 aliphatic heterocycles. The number of rotatable bonds is 5. The summed E-state index contributed by atoms with van der Waals surface area (Å²) in [7, 11) is 0. The van der Waals surface area contributed by atoms with Gasteiger partial charge >= 0.3 is 0 Å². The summed E-state index contributed by atoms with van der Waals surface area (Å²) in [5.41, 5.74) is 3.36. The monoisotopic (exact) mass is 337 g/mol. The highest BCUT2D eigenvalue weighted by Gasteiger charge is 2.29. The van der Waals surface area contributed by atoms with Crippen molar-refractivity contribution >= 4 is 6.08 Å². The van der Waals surface area contributed by atoms with Crippen molar-refractivity contribution in [1.82, 2.24) is 14.7 Å². The van der Waals surface area contributed by atoms with Crippen LogP contribution in [-0.2, 0) is 13.1 Å². The summed E-state index contributed by atoms with van der Waals surface area (Å²) < 4.78 is 2.11. The molecule has 1 atom stereocenters. The van der Waals surface area contributed by atoms with Crippen LogP contribution in [0.15, 0.2) is 42.5 Å². The molecule has 4 nitrogen and oxygen atoms in total. The largest absolute Gasteiger partial charge is 0.386 e. The molecule has 1 aromatic carbocycles. The van der Waals surface area contributed by atoms with E-state index < -0.39 is 0 Å². The predicted octanol–water partition coefficient (Wildman–Crippen LogP) is 3.64. The van der Waals surface area contributed by atoms with Crippen LogP contribution in [0.3, 0.4) is 0 Å². The van der Waals surface area contributed by atoms with E-state index in [9.17, 15) is 5.11 Å². The summed E-state index contributed by atoms with van der Waals surface area (Å²) in [4.78, 5) is 2.46. The van der Waals surface area contributed by atoms with Gasteiger partial charge in [-0.05, 0) is 36.8 Å². The molecule has 132 valence electrons. The van der Waals surface area contributed by atoms with Crippen molar-refractivity contribution in [3.8, 4) is 0 Å². The number of hydrogen-bond acceptors (Lipinski definition) is 3. The van der Waals surface area contributed by atoms with E-state index in [0.29, 0.717) is 5.92 Å². The number of fused-ring (bicyclic) bond motifs is 1. The predicted molar refractivity (Wildman–Crippen MR) is 99.9 cm³/mol. The lowest BCUT2D eigenvalue weighted by molar-refractivity contribution is 0.0581. The number of benzene rings is 1. The molecular formula is C21H27N3O. The second-order valence-corrected chi connectivity index (χ2v) is 7.32. The summed E-state index contributed by atoms with van der Waals surface area (Å²) in [5.74, 6) is 0.420. The van der Waals surface area contributed by atoms with Crippen LogP contribution < -0.4 is 0 Å². The van der Waals surface area contributed by atoms with Crippen molar-refractivity contribution in [2.45, 2.75) is 44.9 Å². The average Bonchev–Trinajstić information content (AvgIpc) is 2.88. The molecule has 0 bridgehead atoms. The van der Waals surface area contributed by atoms with Crippen molar-refractivity contribution in [2.24, 2.45) is 5.92 Å². The third-order valence-electron chi connectivity index (χ3n) is 5.48. The van der Waals surface area contributed by atoms with Crippen molar-refractivity contribution < 1.29 is 5.11 Å². The smallest absolute Gasteiger partial charge is 0.101 e. The lowest BCUT2D eigenvalue weighted by Gasteiger charge is -2.29. The molecule has 25 heavy (non-hydrogen) atoms. The molecule has 1 aliphatic carbocycles. The quantitative estimate of drug-likeness (QED) is 0.906. The molecule has 2 heterocycles. The molecule has 4 rings (SSSR count). The van der Waals surface area contributed by atoms with Gasteiger partial charge in [0, 0.05) is 26.2 Å². The van der Waals surface area contributed by atoms with Gasteiger partial charge in [-0.25, -0.2) is 0 Å². The zero-order chi connectivity index (χ0) is 17.1. The molecule has 0 amide bonds. The Hall–Kier alpha value is -1.91. The Labute approximate surface area is 149 Å². The van der Waals surface area contributed by atoms with Gasteiger partial charge in [0.1, 0.15) is 6.10 Å². The van der Waals surface area contributed by atoms with E-state index in [-0.39, 0.29) is 6.10 Å². The summed E-state index contributed by atoms with van der Waals surface area (Å²) in [6, 6.07) is 12.6. The first-order valence-corrected chi connectivity index (χ1v) is 9.48. The van der Waals surface area contributed by atoms with Gasteiger partial charge in [0.05, 0.1) is 11.4 Å². The highest BCUT2D eigenvalue weighted by molar-refractivity contribution is 5.48. The van der Waals surface area contributed by atoms with Gasteiger partial charge in [0.15, 0.2) is 0 Å². The van der Waals surface area contributed by atoms with Gasteiger partial charge < -0.3 is 5.11 Å². The number of hydrogen-bond donors (Lipinski definition) is 1. The Kier molecular flexibility index (Phi) is 4.99. The first-order valence-electron chi connectivity index (χ1n) is 9.48. The molecule has 2 aliphatic rings. The molecular weight excluding hydrogens is 310 g/mol. The highest BCUT2D eigenvalue weighted by atomic mass is 16.3. The zero-order valence-corrected chi connectivity index (χ0v) is 14.7. The molecule has 0 spiro atoms. The molecule has 1 N–H and O–H groups in total. The minimum absolute atomic E-state index is 0.375. The number of aliphatic hydroxyl groups excluding tert-OH is 1. The minimum atomic E-state index is -0.375. The zero-order valence-electron chi connectivity index (χ0n) is 14.7. The third-order valence-corrected chi connectivity index (χ3v) is 5.48. The van der Waals surface area contributed by atoms with E-state index in [2.05, 4.69) is 52.1 Å². The fraction of sp³-hybridized carbons (Fsp3) is 0.476. The van der Waals surface area contributed by atoms with Crippen LogP contribution in [0.5, 0.6) is 0 Å². The number of aryl methyl sites for hydroxylation is 1. The van der Waals surface area contributed by atoms with Crippen molar-refractivity contribution in [3.63, 3.8) is 0 Å². The van der Waals surface area contributed by atoms with E-state index in [1.807, 2.05) is 6.07 Å². The van der Waals surface area contributed by atoms with Gasteiger partial charge in [-0.2, -0.15) is 5.10 Å². The van der Waals surface area contributed by atoms with E-state index in [1.54, 1.807) is 0 Å². The van der Waals surface area contributed by atoms with E-state index in [1.165, 1.54) is 17.7 Å². The number of nitrogens with zero attached hydrogens (tertiary/aromatic N) is 3. The highest BCUT2D eigenvalue weighted by Crippen LogP contribution is 2.37. The maximum atomic E-state index is 10.5. The fourth-order valence-electron chi connectivity index (χ4n) is 3.75. The van der Waals surface area contributed by atoms with E-state index in [4.69, 9.17) is 5.10 Å². The van der Waals surface area contributed by atoms with Crippen LogP contribution in [0.1, 0.15) is 48.7 Å². The maximum absolute atomic E-state index is 10.5. The third kappa shape index (κ3) is 3.86. The van der Waals surface area contributed by atoms with Gasteiger partial charge in [0.25, 0.3) is 0 Å². The van der Waals surface area contributed by atoms with Gasteiger partial charge in [0.2, 0.25) is 0 Å². The Morgan fingerprint density at radius 1 is 1.16 bits per heavy atom. The fourth-order valence-corrected chi connectivity index (χ4v) is 3.75. The first-order chi connectivity index (χ1) is 12.3. The molecule has 0 unspecified atom stereocenters. The second-order valence-electron chi connectivity index (χ2n) is 7.32. The molecule has 1 fully saturated rings. The van der Waals surface area contributed by atoms with Crippen molar-refractivity contribution in [1.29, 1.82) is 0 Å². The van der Waals surface area contributed by atoms with Crippen molar-refractivity contribution in [3.05, 3.63) is 59.4 Å². The summed E-state index contributed by atoms with van der Waals surface area (Å²) in [6.45, 7) is 3.89. The van der Waals surface area contributed by atoms with Crippen LogP contribution in [0.25, 0.3) is 6.08 Å². The lowest BCUT2D eigenvalue weighted by Crippen LogP contribution is -2.23. The number of aromatic nitrogens is 2. The normalized spacial score (nSPS) is 20.2. The second kappa shape index (κ2) is 7.54. The van der Waals surface area contributed by atoms with Crippen LogP contribution in [-0.4, -0.2) is 32.9 Å². The standard InChI is InChI=1S/C21H27N3O/c25-21(18-10-4-11-18)20-15-19-16-23(13-6-14-24(19)22-20)12-5-9-17-7-2-1-3-8-17/h1-3,5,7-9,15,18,21,25H,4,6,10-14,16H2/b9-5+/t21-/m1/s1.